The molecule has 0 radical (unpaired) electrons. The van der Waals surface area contributed by atoms with E-state index in [0.717, 1.165) is 38.2 Å². The Balaban J connectivity index is 1.93. The summed E-state index contributed by atoms with van der Waals surface area (Å²) in [4.78, 5) is 15.4. The molecule has 1 fully saturated rings. The van der Waals surface area contributed by atoms with Crippen molar-refractivity contribution in [3.8, 4) is 0 Å². The molecule has 0 unspecified atom stereocenters. The van der Waals surface area contributed by atoms with Gasteiger partial charge in [-0.05, 0) is 12.5 Å². The number of aliphatic hydroxyl groups excluding tert-OH is 1. The van der Waals surface area contributed by atoms with Gasteiger partial charge in [0, 0.05) is 50.2 Å². The second kappa shape index (κ2) is 7.07. The number of halogens is 1. The molecule has 1 aliphatic heterocycles. The van der Waals surface area contributed by atoms with E-state index in [9.17, 15) is 9.90 Å². The molecular formula is C15H21ClN2O2. The van der Waals surface area contributed by atoms with Crippen molar-refractivity contribution >= 4 is 17.5 Å². The van der Waals surface area contributed by atoms with Crippen LogP contribution >= 0.6 is 11.6 Å². The molecule has 0 spiro atoms. The molecule has 0 saturated carbocycles. The predicted molar refractivity (Wildman–Crippen MR) is 79.7 cm³/mol. The van der Waals surface area contributed by atoms with Gasteiger partial charge in [0.05, 0.1) is 6.10 Å². The maximum Gasteiger partial charge on any atom is 0.219 e. The standard InChI is InChI=1S/C15H21ClN2O2/c1-12(19)18-8-4-7-17(9-10-18)11-15(20)13-5-2-3-6-14(13)16/h2-3,5-6,15,20H,4,7-11H2,1H3/t15-/m0/s1. The zero-order valence-electron chi connectivity index (χ0n) is 11.8. The normalized spacial score (nSPS) is 18.6. The van der Waals surface area contributed by atoms with Crippen LogP contribution < -0.4 is 0 Å². The molecule has 5 heteroatoms. The first-order valence-electron chi connectivity index (χ1n) is 6.98. The van der Waals surface area contributed by atoms with Crippen molar-refractivity contribution in [2.45, 2.75) is 19.4 Å². The molecule has 1 aliphatic rings. The number of carbonyl (C=O) groups is 1. The first-order chi connectivity index (χ1) is 9.58. The molecule has 4 nitrogen and oxygen atoms in total. The van der Waals surface area contributed by atoms with Crippen LogP contribution in [0.2, 0.25) is 5.02 Å². The van der Waals surface area contributed by atoms with E-state index in [1.54, 1.807) is 13.0 Å². The number of β-amino-alcohol motifs (C(OH)–C–C–N with tert-alkyl or cyclic N) is 1. The van der Waals surface area contributed by atoms with Gasteiger partial charge in [-0.3, -0.25) is 9.69 Å². The Labute approximate surface area is 124 Å². The molecule has 110 valence electrons. The lowest BCUT2D eigenvalue weighted by Crippen LogP contribution is -2.35. The van der Waals surface area contributed by atoms with Gasteiger partial charge in [0.1, 0.15) is 0 Å². The molecule has 1 saturated heterocycles. The number of nitrogens with zero attached hydrogens (tertiary/aromatic N) is 2. The average Bonchev–Trinajstić information content (AvgIpc) is 2.65. The molecule has 1 aromatic rings. The Morgan fingerprint density at radius 1 is 1.30 bits per heavy atom. The third kappa shape index (κ3) is 3.95. The Morgan fingerprint density at radius 3 is 2.75 bits per heavy atom. The molecule has 1 amide bonds. The summed E-state index contributed by atoms with van der Waals surface area (Å²) in [5.74, 6) is 0.124. The highest BCUT2D eigenvalue weighted by Gasteiger charge is 2.20. The molecular weight excluding hydrogens is 276 g/mol. The van der Waals surface area contributed by atoms with Gasteiger partial charge in [0.25, 0.3) is 0 Å². The third-order valence-corrected chi connectivity index (χ3v) is 4.07. The van der Waals surface area contributed by atoms with Crippen LogP contribution in [0.3, 0.4) is 0 Å². The molecule has 1 aromatic carbocycles. The zero-order chi connectivity index (χ0) is 14.5. The molecule has 1 heterocycles. The van der Waals surface area contributed by atoms with E-state index in [0.29, 0.717) is 11.6 Å². The highest BCUT2D eigenvalue weighted by Crippen LogP contribution is 2.23. The van der Waals surface area contributed by atoms with Crippen LogP contribution in [0.5, 0.6) is 0 Å². The first kappa shape index (κ1) is 15.3. The van der Waals surface area contributed by atoms with Crippen LogP contribution in [0, 0.1) is 0 Å². The summed E-state index contributed by atoms with van der Waals surface area (Å²) >= 11 is 6.10. The second-order valence-corrected chi connectivity index (χ2v) is 5.60. The minimum Gasteiger partial charge on any atom is -0.387 e. The van der Waals surface area contributed by atoms with E-state index in [-0.39, 0.29) is 5.91 Å². The summed E-state index contributed by atoms with van der Waals surface area (Å²) in [6.45, 7) is 5.37. The van der Waals surface area contributed by atoms with Crippen molar-refractivity contribution in [2.75, 3.05) is 32.7 Å². The summed E-state index contributed by atoms with van der Waals surface area (Å²) in [6.07, 6.45) is 0.349. The monoisotopic (exact) mass is 296 g/mol. The summed E-state index contributed by atoms with van der Waals surface area (Å²) in [6, 6.07) is 7.38. The number of hydrogen-bond donors (Lipinski definition) is 1. The van der Waals surface area contributed by atoms with Crippen molar-refractivity contribution in [1.29, 1.82) is 0 Å². The highest BCUT2D eigenvalue weighted by molar-refractivity contribution is 6.31. The molecule has 0 aromatic heterocycles. The summed E-state index contributed by atoms with van der Waals surface area (Å²) in [7, 11) is 0. The maximum absolute atomic E-state index is 11.4. The molecule has 2 rings (SSSR count). The maximum atomic E-state index is 11.4. The molecule has 20 heavy (non-hydrogen) atoms. The van der Waals surface area contributed by atoms with E-state index in [2.05, 4.69) is 4.90 Å². The van der Waals surface area contributed by atoms with Gasteiger partial charge in [-0.15, -0.1) is 0 Å². The fraction of sp³-hybridized carbons (Fsp3) is 0.533. The van der Waals surface area contributed by atoms with Crippen molar-refractivity contribution in [1.82, 2.24) is 9.80 Å². The number of aliphatic hydroxyl groups is 1. The Bertz CT molecular complexity index is 467. The Hall–Kier alpha value is -1.10. The summed E-state index contributed by atoms with van der Waals surface area (Å²) in [5, 5.41) is 10.9. The van der Waals surface area contributed by atoms with Gasteiger partial charge in [-0.2, -0.15) is 0 Å². The second-order valence-electron chi connectivity index (χ2n) is 5.20. The number of rotatable bonds is 3. The molecule has 0 bridgehead atoms. The van der Waals surface area contributed by atoms with Crippen molar-refractivity contribution in [3.63, 3.8) is 0 Å². The van der Waals surface area contributed by atoms with Gasteiger partial charge in [-0.25, -0.2) is 0 Å². The number of benzene rings is 1. The lowest BCUT2D eigenvalue weighted by Gasteiger charge is -2.24. The van der Waals surface area contributed by atoms with E-state index in [1.807, 2.05) is 23.1 Å². The van der Waals surface area contributed by atoms with Gasteiger partial charge in [0.2, 0.25) is 5.91 Å². The van der Waals surface area contributed by atoms with E-state index in [4.69, 9.17) is 11.6 Å². The molecule has 1 atom stereocenters. The van der Waals surface area contributed by atoms with Crippen LogP contribution in [0.15, 0.2) is 24.3 Å². The SMILES string of the molecule is CC(=O)N1CCCN(C[C@H](O)c2ccccc2Cl)CC1. The minimum atomic E-state index is -0.590. The molecule has 1 N–H and O–H groups in total. The summed E-state index contributed by atoms with van der Waals surface area (Å²) in [5.41, 5.74) is 0.766. The highest BCUT2D eigenvalue weighted by atomic mass is 35.5. The topological polar surface area (TPSA) is 43.8 Å². The van der Waals surface area contributed by atoms with Crippen LogP contribution in [-0.2, 0) is 4.79 Å². The Kier molecular flexibility index (Phi) is 5.40. The van der Waals surface area contributed by atoms with Crippen LogP contribution in [-0.4, -0.2) is 53.5 Å². The van der Waals surface area contributed by atoms with E-state index < -0.39 is 6.10 Å². The van der Waals surface area contributed by atoms with Crippen LogP contribution in [0.4, 0.5) is 0 Å². The fourth-order valence-corrected chi connectivity index (χ4v) is 2.82. The van der Waals surface area contributed by atoms with Crippen molar-refractivity contribution in [3.05, 3.63) is 34.9 Å². The smallest absolute Gasteiger partial charge is 0.219 e. The van der Waals surface area contributed by atoms with Crippen LogP contribution in [0.1, 0.15) is 25.0 Å². The average molecular weight is 297 g/mol. The predicted octanol–water partition coefficient (Wildman–Crippen LogP) is 1.93. The zero-order valence-corrected chi connectivity index (χ0v) is 12.5. The van der Waals surface area contributed by atoms with E-state index in [1.165, 1.54) is 0 Å². The lowest BCUT2D eigenvalue weighted by atomic mass is 10.1. The van der Waals surface area contributed by atoms with Gasteiger partial charge < -0.3 is 10.0 Å². The van der Waals surface area contributed by atoms with Gasteiger partial charge in [0.15, 0.2) is 0 Å². The summed E-state index contributed by atoms with van der Waals surface area (Å²) < 4.78 is 0. The van der Waals surface area contributed by atoms with Crippen LogP contribution in [0.25, 0.3) is 0 Å². The van der Waals surface area contributed by atoms with Gasteiger partial charge >= 0.3 is 0 Å². The minimum absolute atomic E-state index is 0.124. The largest absolute Gasteiger partial charge is 0.387 e. The quantitative estimate of drug-likeness (QED) is 0.927. The third-order valence-electron chi connectivity index (χ3n) is 3.73. The Morgan fingerprint density at radius 2 is 2.05 bits per heavy atom. The lowest BCUT2D eigenvalue weighted by molar-refractivity contribution is -0.128. The van der Waals surface area contributed by atoms with Crippen molar-refractivity contribution < 1.29 is 9.90 Å². The number of hydrogen-bond acceptors (Lipinski definition) is 3. The first-order valence-corrected chi connectivity index (χ1v) is 7.36. The van der Waals surface area contributed by atoms with Gasteiger partial charge in [-0.1, -0.05) is 29.8 Å². The number of carbonyl (C=O) groups excluding carboxylic acids is 1. The molecule has 0 aliphatic carbocycles. The fourth-order valence-electron chi connectivity index (χ4n) is 2.56. The van der Waals surface area contributed by atoms with Crippen molar-refractivity contribution in [2.24, 2.45) is 0 Å². The number of amides is 1. The van der Waals surface area contributed by atoms with E-state index >= 15 is 0 Å².